The molecule has 0 spiro atoms. The molecule has 0 aliphatic carbocycles. The van der Waals surface area contributed by atoms with E-state index in [1.165, 1.54) is 25.8 Å². The van der Waals surface area contributed by atoms with Gasteiger partial charge in [-0.25, -0.2) is 4.79 Å². The molecule has 140 valence electrons. The van der Waals surface area contributed by atoms with E-state index in [0.717, 1.165) is 24.9 Å². The van der Waals surface area contributed by atoms with E-state index in [0.29, 0.717) is 12.6 Å². The molecule has 1 aromatic carbocycles. The minimum atomic E-state index is -1.07. The molecule has 0 saturated carbocycles. The number of hydrogen-bond donors (Lipinski definition) is 3. The number of rotatable bonds is 8. The molecule has 2 amide bonds. The van der Waals surface area contributed by atoms with Gasteiger partial charge in [-0.15, -0.1) is 0 Å². The normalized spacial score (nSPS) is 20.7. The van der Waals surface area contributed by atoms with E-state index in [9.17, 15) is 9.90 Å². The van der Waals surface area contributed by atoms with Crippen LogP contribution in [-0.2, 0) is 5.60 Å². The molecule has 3 N–H and O–H groups in total. The Balaban J connectivity index is 1.58. The number of urea groups is 1. The molecule has 1 saturated heterocycles. The van der Waals surface area contributed by atoms with E-state index < -0.39 is 5.60 Å². The lowest BCUT2D eigenvalue weighted by atomic mass is 9.96. The molecule has 5 nitrogen and oxygen atoms in total. The van der Waals surface area contributed by atoms with Crippen LogP contribution in [0, 0.1) is 0 Å². The number of unbranched alkanes of at least 4 members (excludes halogenated alkanes) is 1. The summed E-state index contributed by atoms with van der Waals surface area (Å²) in [6.07, 6.45) is 6.05. The fourth-order valence-electron chi connectivity index (χ4n) is 3.35. The van der Waals surface area contributed by atoms with Crippen LogP contribution in [0.2, 0.25) is 0 Å². The Morgan fingerprint density at radius 1 is 1.24 bits per heavy atom. The molecule has 2 unspecified atom stereocenters. The first-order valence-electron chi connectivity index (χ1n) is 9.53. The van der Waals surface area contributed by atoms with Crippen molar-refractivity contribution in [3.8, 4) is 0 Å². The maximum absolute atomic E-state index is 11.9. The van der Waals surface area contributed by atoms with Gasteiger partial charge in [-0.1, -0.05) is 36.8 Å². The number of carbonyl (C=O) groups is 1. The summed E-state index contributed by atoms with van der Waals surface area (Å²) in [5.74, 6) is 0. The fraction of sp³-hybridized carbons (Fsp3) is 0.650. The van der Waals surface area contributed by atoms with Crippen LogP contribution in [0.5, 0.6) is 0 Å². The third-order valence-corrected chi connectivity index (χ3v) is 5.09. The molecule has 0 radical (unpaired) electrons. The van der Waals surface area contributed by atoms with E-state index in [-0.39, 0.29) is 12.6 Å². The van der Waals surface area contributed by atoms with Gasteiger partial charge in [0.05, 0.1) is 6.54 Å². The van der Waals surface area contributed by atoms with Crippen molar-refractivity contribution < 1.29 is 9.90 Å². The lowest BCUT2D eigenvalue weighted by molar-refractivity contribution is 0.0594. The number of nitrogens with zero attached hydrogens (tertiary/aromatic N) is 1. The van der Waals surface area contributed by atoms with E-state index in [2.05, 4.69) is 22.5 Å². The smallest absolute Gasteiger partial charge is 0.314 e. The van der Waals surface area contributed by atoms with E-state index in [1.807, 2.05) is 30.3 Å². The lowest BCUT2D eigenvalue weighted by Crippen LogP contribution is -2.43. The molecule has 0 bridgehead atoms. The number of benzene rings is 1. The van der Waals surface area contributed by atoms with Gasteiger partial charge in [-0.2, -0.15) is 0 Å². The van der Waals surface area contributed by atoms with Crippen molar-refractivity contribution >= 4 is 6.03 Å². The highest BCUT2D eigenvalue weighted by Crippen LogP contribution is 2.19. The summed E-state index contributed by atoms with van der Waals surface area (Å²) in [4.78, 5) is 14.5. The van der Waals surface area contributed by atoms with Crippen LogP contribution in [0.3, 0.4) is 0 Å². The monoisotopic (exact) mass is 347 g/mol. The van der Waals surface area contributed by atoms with Crippen LogP contribution in [0.15, 0.2) is 30.3 Å². The number of nitrogens with one attached hydrogen (secondary N) is 2. The van der Waals surface area contributed by atoms with Crippen molar-refractivity contribution in [3.05, 3.63) is 35.9 Å². The topological polar surface area (TPSA) is 64.6 Å². The van der Waals surface area contributed by atoms with Crippen LogP contribution in [0.1, 0.15) is 51.5 Å². The average Bonchev–Trinajstić information content (AvgIpc) is 2.62. The standard InChI is InChI=1S/C20H33N3O2/c1-17-10-6-8-14-23(17)15-9-7-13-21-19(24)22-16-20(2,25)18-11-4-3-5-12-18/h3-5,11-12,17,25H,6-10,13-16H2,1-2H3,(H2,21,22,24). The van der Waals surface area contributed by atoms with E-state index >= 15 is 0 Å². The molecule has 1 aromatic rings. The predicted octanol–water partition coefficient (Wildman–Crippen LogP) is 2.85. The second-order valence-corrected chi connectivity index (χ2v) is 7.34. The zero-order valence-electron chi connectivity index (χ0n) is 15.6. The quantitative estimate of drug-likeness (QED) is 0.634. The fourth-order valence-corrected chi connectivity index (χ4v) is 3.35. The van der Waals surface area contributed by atoms with Crippen molar-refractivity contribution in [2.45, 2.75) is 57.6 Å². The summed E-state index contributed by atoms with van der Waals surface area (Å²) in [6, 6.07) is 9.88. The summed E-state index contributed by atoms with van der Waals surface area (Å²) in [7, 11) is 0. The third-order valence-electron chi connectivity index (χ3n) is 5.09. The zero-order valence-corrected chi connectivity index (χ0v) is 15.6. The van der Waals surface area contributed by atoms with Gasteiger partial charge in [0.2, 0.25) is 0 Å². The minimum absolute atomic E-state index is 0.189. The zero-order chi connectivity index (χ0) is 18.1. The number of amides is 2. The van der Waals surface area contributed by atoms with Crippen molar-refractivity contribution in [1.29, 1.82) is 0 Å². The van der Waals surface area contributed by atoms with Gasteiger partial charge in [-0.3, -0.25) is 0 Å². The number of hydrogen-bond acceptors (Lipinski definition) is 3. The van der Waals surface area contributed by atoms with Gasteiger partial charge >= 0.3 is 6.03 Å². The van der Waals surface area contributed by atoms with Gasteiger partial charge < -0.3 is 20.6 Å². The average molecular weight is 348 g/mol. The van der Waals surface area contributed by atoms with E-state index in [4.69, 9.17) is 0 Å². The molecule has 1 aliphatic heterocycles. The number of likely N-dealkylation sites (tertiary alicyclic amines) is 1. The van der Waals surface area contributed by atoms with E-state index in [1.54, 1.807) is 6.92 Å². The van der Waals surface area contributed by atoms with Crippen LogP contribution in [-0.4, -0.2) is 48.3 Å². The molecule has 1 fully saturated rings. The second kappa shape index (κ2) is 9.78. The first-order valence-corrected chi connectivity index (χ1v) is 9.53. The van der Waals surface area contributed by atoms with Crippen molar-refractivity contribution in [2.24, 2.45) is 0 Å². The van der Waals surface area contributed by atoms with Gasteiger partial charge in [0.15, 0.2) is 0 Å². The maximum atomic E-state index is 11.9. The molecule has 5 heteroatoms. The largest absolute Gasteiger partial charge is 0.384 e. The second-order valence-electron chi connectivity index (χ2n) is 7.34. The molecule has 2 rings (SSSR count). The Hall–Kier alpha value is -1.59. The van der Waals surface area contributed by atoms with Crippen molar-refractivity contribution in [3.63, 3.8) is 0 Å². The third kappa shape index (κ3) is 6.67. The Morgan fingerprint density at radius 2 is 2.00 bits per heavy atom. The lowest BCUT2D eigenvalue weighted by Gasteiger charge is -2.33. The van der Waals surface area contributed by atoms with Crippen LogP contribution < -0.4 is 10.6 Å². The Morgan fingerprint density at radius 3 is 2.72 bits per heavy atom. The highest BCUT2D eigenvalue weighted by atomic mass is 16.3. The van der Waals surface area contributed by atoms with Crippen LogP contribution in [0.25, 0.3) is 0 Å². The summed E-state index contributed by atoms with van der Waals surface area (Å²) >= 11 is 0. The van der Waals surface area contributed by atoms with Crippen molar-refractivity contribution in [1.82, 2.24) is 15.5 Å². The molecule has 1 heterocycles. The van der Waals surface area contributed by atoms with Crippen molar-refractivity contribution in [2.75, 3.05) is 26.2 Å². The number of aliphatic hydroxyl groups is 1. The number of carbonyl (C=O) groups excluding carboxylic acids is 1. The van der Waals surface area contributed by atoms with Gasteiger partial charge in [-0.05, 0) is 58.2 Å². The van der Waals surface area contributed by atoms with Crippen LogP contribution >= 0.6 is 0 Å². The minimum Gasteiger partial charge on any atom is -0.384 e. The Labute approximate surface area is 151 Å². The highest BCUT2D eigenvalue weighted by Gasteiger charge is 2.23. The van der Waals surface area contributed by atoms with Gasteiger partial charge in [0.1, 0.15) is 5.60 Å². The summed E-state index contributed by atoms with van der Waals surface area (Å²) in [5.41, 5.74) is -0.269. The summed E-state index contributed by atoms with van der Waals surface area (Å²) < 4.78 is 0. The maximum Gasteiger partial charge on any atom is 0.314 e. The number of piperidine rings is 1. The molecule has 1 aliphatic rings. The summed E-state index contributed by atoms with van der Waals surface area (Å²) in [6.45, 7) is 7.21. The first-order chi connectivity index (χ1) is 12.0. The highest BCUT2D eigenvalue weighted by molar-refractivity contribution is 5.73. The molecule has 25 heavy (non-hydrogen) atoms. The molecular formula is C20H33N3O2. The first kappa shape index (κ1) is 19.7. The molecule has 2 atom stereocenters. The van der Waals surface area contributed by atoms with Gasteiger partial charge in [0, 0.05) is 12.6 Å². The predicted molar refractivity (Wildman–Crippen MR) is 102 cm³/mol. The molecular weight excluding hydrogens is 314 g/mol. The summed E-state index contributed by atoms with van der Waals surface area (Å²) in [5, 5.41) is 16.1. The van der Waals surface area contributed by atoms with Crippen LogP contribution in [0.4, 0.5) is 4.79 Å². The Bertz CT molecular complexity index is 519. The Kier molecular flexibility index (Phi) is 7.72. The SMILES string of the molecule is CC1CCCCN1CCCCNC(=O)NCC(C)(O)c1ccccc1. The van der Waals surface area contributed by atoms with Gasteiger partial charge in [0.25, 0.3) is 0 Å². The molecule has 0 aromatic heterocycles.